The number of aromatic nitrogens is 2. The van der Waals surface area contributed by atoms with Crippen molar-refractivity contribution >= 4 is 0 Å². The van der Waals surface area contributed by atoms with Gasteiger partial charge in [0.15, 0.2) is 0 Å². The van der Waals surface area contributed by atoms with E-state index in [0.717, 1.165) is 26.1 Å². The Morgan fingerprint density at radius 1 is 1.10 bits per heavy atom. The summed E-state index contributed by atoms with van der Waals surface area (Å²) in [5.74, 6) is 0. The van der Waals surface area contributed by atoms with Crippen LogP contribution in [0.2, 0.25) is 0 Å². The predicted molar refractivity (Wildman–Crippen MR) is 79.9 cm³/mol. The Bertz CT molecular complexity index is 594. The average Bonchev–Trinajstić information content (AvgIpc) is 3.03. The van der Waals surface area contributed by atoms with Crippen LogP contribution >= 0.6 is 0 Å². The molecule has 0 unspecified atom stereocenters. The van der Waals surface area contributed by atoms with Gasteiger partial charge < -0.3 is 5.32 Å². The molecule has 4 rings (SSSR count). The van der Waals surface area contributed by atoms with Gasteiger partial charge >= 0.3 is 0 Å². The molecule has 0 bridgehead atoms. The summed E-state index contributed by atoms with van der Waals surface area (Å²) < 4.78 is 2.27. The topological polar surface area (TPSA) is 29.9 Å². The molecule has 1 fully saturated rings. The number of hydrogen-bond donors (Lipinski definition) is 1. The van der Waals surface area contributed by atoms with Gasteiger partial charge in [-0.25, -0.2) is 0 Å². The van der Waals surface area contributed by atoms with Gasteiger partial charge in [-0.15, -0.1) is 0 Å². The van der Waals surface area contributed by atoms with Crippen molar-refractivity contribution in [3.63, 3.8) is 0 Å². The number of piperidine rings is 1. The van der Waals surface area contributed by atoms with E-state index >= 15 is 0 Å². The highest BCUT2D eigenvalue weighted by Crippen LogP contribution is 2.42. The summed E-state index contributed by atoms with van der Waals surface area (Å²) in [6.45, 7) is 3.41. The minimum atomic E-state index is 0.410. The molecular weight excluding hydrogens is 246 g/mol. The minimum absolute atomic E-state index is 0.410. The van der Waals surface area contributed by atoms with Gasteiger partial charge in [-0.05, 0) is 44.0 Å². The van der Waals surface area contributed by atoms with Crippen LogP contribution in [0.15, 0.2) is 36.4 Å². The van der Waals surface area contributed by atoms with Gasteiger partial charge in [0, 0.05) is 24.1 Å². The molecule has 20 heavy (non-hydrogen) atoms. The monoisotopic (exact) mass is 267 g/mol. The number of aryl methyl sites for hydroxylation is 1. The Morgan fingerprint density at radius 3 is 2.70 bits per heavy atom. The molecule has 3 nitrogen and oxygen atoms in total. The van der Waals surface area contributed by atoms with Crippen LogP contribution in [0.1, 0.15) is 36.2 Å². The molecule has 0 saturated carbocycles. The number of nitrogens with zero attached hydrogens (tertiary/aromatic N) is 2. The molecule has 2 aromatic rings. The lowest BCUT2D eigenvalue weighted by molar-refractivity contribution is 0.306. The number of benzene rings is 1. The first-order valence-electron chi connectivity index (χ1n) is 7.68. The van der Waals surface area contributed by atoms with Crippen molar-refractivity contribution in [2.45, 2.75) is 37.6 Å². The van der Waals surface area contributed by atoms with Gasteiger partial charge in [-0.3, -0.25) is 4.68 Å². The summed E-state index contributed by atoms with van der Waals surface area (Å²) in [5.41, 5.74) is 4.48. The maximum absolute atomic E-state index is 4.83. The lowest BCUT2D eigenvalue weighted by Gasteiger charge is -2.33. The van der Waals surface area contributed by atoms with Crippen LogP contribution in [0, 0.1) is 0 Å². The van der Waals surface area contributed by atoms with Gasteiger partial charge in [0.25, 0.3) is 0 Å². The van der Waals surface area contributed by atoms with Crippen LogP contribution in [0.25, 0.3) is 0 Å². The molecule has 2 aliphatic rings. The van der Waals surface area contributed by atoms with Crippen LogP contribution in [-0.2, 0) is 18.4 Å². The van der Waals surface area contributed by atoms with Gasteiger partial charge in [-0.2, -0.15) is 5.10 Å². The summed E-state index contributed by atoms with van der Waals surface area (Å²) in [6, 6.07) is 13.0. The normalized spacial score (nSPS) is 20.2. The number of hydrogen-bond acceptors (Lipinski definition) is 2. The van der Waals surface area contributed by atoms with Crippen molar-refractivity contribution in [1.82, 2.24) is 15.1 Å². The third-order valence-electron chi connectivity index (χ3n) is 4.96. The zero-order valence-corrected chi connectivity index (χ0v) is 11.8. The fourth-order valence-corrected chi connectivity index (χ4v) is 3.82. The summed E-state index contributed by atoms with van der Waals surface area (Å²) in [6.07, 6.45) is 4.77. The van der Waals surface area contributed by atoms with Gasteiger partial charge in [0.05, 0.1) is 5.69 Å². The number of rotatable bonds is 2. The predicted octanol–water partition coefficient (Wildman–Crippen LogP) is 2.50. The van der Waals surface area contributed by atoms with Crippen molar-refractivity contribution in [3.8, 4) is 0 Å². The van der Waals surface area contributed by atoms with Gasteiger partial charge in [0.2, 0.25) is 0 Å². The molecule has 0 atom stereocenters. The summed E-state index contributed by atoms with van der Waals surface area (Å²) in [7, 11) is 0. The zero-order valence-electron chi connectivity index (χ0n) is 11.8. The van der Waals surface area contributed by atoms with Crippen LogP contribution in [0.3, 0.4) is 0 Å². The van der Waals surface area contributed by atoms with Crippen LogP contribution in [-0.4, -0.2) is 22.9 Å². The Morgan fingerprint density at radius 2 is 1.90 bits per heavy atom. The lowest BCUT2D eigenvalue weighted by atomic mass is 9.75. The Balaban J connectivity index is 1.61. The highest BCUT2D eigenvalue weighted by atomic mass is 15.3. The maximum Gasteiger partial charge on any atom is 0.0671 e. The second kappa shape index (κ2) is 4.74. The van der Waals surface area contributed by atoms with E-state index in [1.54, 1.807) is 0 Å². The van der Waals surface area contributed by atoms with Crippen LogP contribution < -0.4 is 5.32 Å². The van der Waals surface area contributed by atoms with Crippen molar-refractivity contribution in [3.05, 3.63) is 53.3 Å². The van der Waals surface area contributed by atoms with E-state index in [-0.39, 0.29) is 0 Å². The first-order chi connectivity index (χ1) is 9.86. The molecule has 1 aromatic carbocycles. The van der Waals surface area contributed by atoms with Crippen molar-refractivity contribution in [2.75, 3.05) is 13.1 Å². The molecule has 0 aliphatic carbocycles. The van der Waals surface area contributed by atoms with Crippen molar-refractivity contribution < 1.29 is 0 Å². The molecule has 1 N–H and O–H groups in total. The summed E-state index contributed by atoms with van der Waals surface area (Å²) in [4.78, 5) is 0. The van der Waals surface area contributed by atoms with Crippen molar-refractivity contribution in [2.24, 2.45) is 0 Å². The highest BCUT2D eigenvalue weighted by molar-refractivity contribution is 5.29. The van der Waals surface area contributed by atoms with E-state index in [2.05, 4.69) is 46.4 Å². The molecule has 3 heteroatoms. The fourth-order valence-electron chi connectivity index (χ4n) is 3.82. The van der Waals surface area contributed by atoms with Gasteiger partial charge in [-0.1, -0.05) is 30.3 Å². The molecule has 1 saturated heterocycles. The average molecular weight is 267 g/mol. The minimum Gasteiger partial charge on any atom is -0.317 e. The zero-order chi connectivity index (χ0) is 13.4. The molecule has 3 heterocycles. The Kier molecular flexibility index (Phi) is 2.88. The molecule has 1 spiro atoms. The largest absolute Gasteiger partial charge is 0.317 e. The summed E-state index contributed by atoms with van der Waals surface area (Å²) in [5, 5.41) is 8.32. The first kappa shape index (κ1) is 12.2. The smallest absolute Gasteiger partial charge is 0.0671 e. The molecule has 104 valence electrons. The Hall–Kier alpha value is -1.61. The van der Waals surface area contributed by atoms with Crippen molar-refractivity contribution in [1.29, 1.82) is 0 Å². The SMILES string of the molecule is c1ccc(Cc2cc3n(n2)CCC32CCNCC2)cc1. The molecule has 2 aliphatic heterocycles. The maximum atomic E-state index is 4.83. The molecule has 0 radical (unpaired) electrons. The number of fused-ring (bicyclic) bond motifs is 2. The van der Waals surface area contributed by atoms with Crippen LogP contribution in [0.5, 0.6) is 0 Å². The third kappa shape index (κ3) is 1.97. The van der Waals surface area contributed by atoms with Crippen LogP contribution in [0.4, 0.5) is 0 Å². The van der Waals surface area contributed by atoms with E-state index in [0.29, 0.717) is 5.41 Å². The fraction of sp³-hybridized carbons (Fsp3) is 0.471. The van der Waals surface area contributed by atoms with E-state index in [1.165, 1.54) is 36.2 Å². The quantitative estimate of drug-likeness (QED) is 0.906. The summed E-state index contributed by atoms with van der Waals surface area (Å²) >= 11 is 0. The lowest BCUT2D eigenvalue weighted by Crippen LogP contribution is -2.38. The third-order valence-corrected chi connectivity index (χ3v) is 4.96. The van der Waals surface area contributed by atoms with Gasteiger partial charge in [0.1, 0.15) is 0 Å². The molecule has 0 amide bonds. The second-order valence-corrected chi connectivity index (χ2v) is 6.19. The molecule has 1 aromatic heterocycles. The van der Waals surface area contributed by atoms with E-state index in [4.69, 9.17) is 5.10 Å². The number of nitrogens with one attached hydrogen (secondary N) is 1. The second-order valence-electron chi connectivity index (χ2n) is 6.19. The molecular formula is C17H21N3. The first-order valence-corrected chi connectivity index (χ1v) is 7.68. The standard InChI is InChI=1S/C17H21N3/c1-2-4-14(5-3-1)12-15-13-16-17(6-9-18-10-7-17)8-11-20(16)19-15/h1-5,13,18H,6-12H2. The Labute approximate surface area is 120 Å². The van der Waals surface area contributed by atoms with E-state index in [9.17, 15) is 0 Å². The highest BCUT2D eigenvalue weighted by Gasteiger charge is 2.41. The van der Waals surface area contributed by atoms with E-state index < -0.39 is 0 Å². The van der Waals surface area contributed by atoms with E-state index in [1.807, 2.05) is 0 Å².